The zero-order valence-electron chi connectivity index (χ0n) is 12.4. The molecular formula is C16H18N2O4. The predicted molar refractivity (Wildman–Crippen MR) is 84.1 cm³/mol. The van der Waals surface area contributed by atoms with Crippen molar-refractivity contribution >= 4 is 11.4 Å². The zero-order valence-corrected chi connectivity index (χ0v) is 12.4. The number of rotatable bonds is 6. The van der Waals surface area contributed by atoms with Crippen molar-refractivity contribution in [3.05, 3.63) is 63.7 Å². The van der Waals surface area contributed by atoms with Gasteiger partial charge in [0.15, 0.2) is 5.75 Å². The smallest absolute Gasteiger partial charge is 0.333 e. The largest absolute Gasteiger partial charge is 0.490 e. The number of nitrogens with zero attached hydrogens (tertiary/aromatic N) is 1. The summed E-state index contributed by atoms with van der Waals surface area (Å²) in [6, 6.07) is 12.3. The summed E-state index contributed by atoms with van der Waals surface area (Å²) in [6.07, 6.45) is -0.513. The third kappa shape index (κ3) is 3.53. The molecule has 0 radical (unpaired) electrons. The van der Waals surface area contributed by atoms with Crippen LogP contribution in [0.5, 0.6) is 5.75 Å². The minimum Gasteiger partial charge on any atom is -0.490 e. The number of methoxy groups -OCH3 is 1. The molecule has 6 heteroatoms. The summed E-state index contributed by atoms with van der Waals surface area (Å²) in [7, 11) is 1.40. The van der Waals surface area contributed by atoms with Gasteiger partial charge in [-0.3, -0.25) is 10.1 Å². The van der Waals surface area contributed by atoms with Crippen LogP contribution in [0, 0.1) is 10.1 Å². The monoisotopic (exact) mass is 302 g/mol. The molecule has 1 atom stereocenters. The van der Waals surface area contributed by atoms with E-state index < -0.39 is 11.0 Å². The highest BCUT2D eigenvalue weighted by molar-refractivity contribution is 5.68. The Morgan fingerprint density at radius 1 is 1.27 bits per heavy atom. The van der Waals surface area contributed by atoms with E-state index in [9.17, 15) is 15.2 Å². The Bertz CT molecular complexity index is 654. The number of nitrogens with one attached hydrogen (secondary N) is 1. The van der Waals surface area contributed by atoms with E-state index in [2.05, 4.69) is 5.32 Å². The highest BCUT2D eigenvalue weighted by atomic mass is 16.6. The second kappa shape index (κ2) is 6.91. The molecule has 22 heavy (non-hydrogen) atoms. The second-order valence-corrected chi connectivity index (χ2v) is 4.88. The van der Waals surface area contributed by atoms with Crippen molar-refractivity contribution in [2.24, 2.45) is 0 Å². The van der Waals surface area contributed by atoms with Crippen molar-refractivity contribution in [3.63, 3.8) is 0 Å². The topological polar surface area (TPSA) is 84.6 Å². The minimum absolute atomic E-state index is 0.0781. The summed E-state index contributed by atoms with van der Waals surface area (Å²) < 4.78 is 5.03. The van der Waals surface area contributed by atoms with E-state index >= 15 is 0 Å². The normalized spacial score (nSPS) is 11.8. The Labute approximate surface area is 128 Å². The Morgan fingerprint density at radius 2 is 1.95 bits per heavy atom. The first-order chi connectivity index (χ1) is 10.5. The molecule has 0 heterocycles. The maximum atomic E-state index is 11.2. The molecule has 0 spiro atoms. The quantitative estimate of drug-likeness (QED) is 0.632. The van der Waals surface area contributed by atoms with E-state index in [1.807, 2.05) is 24.3 Å². The van der Waals surface area contributed by atoms with Gasteiger partial charge in [0.2, 0.25) is 0 Å². The molecule has 0 aromatic heterocycles. The lowest BCUT2D eigenvalue weighted by Gasteiger charge is -2.10. The average Bonchev–Trinajstić information content (AvgIpc) is 2.52. The number of nitro groups is 1. The maximum Gasteiger partial charge on any atom is 0.333 e. The highest BCUT2D eigenvalue weighted by Gasteiger charge is 2.20. The minimum atomic E-state index is -0.513. The summed E-state index contributed by atoms with van der Waals surface area (Å²) in [5.41, 5.74) is 2.12. The number of para-hydroxylation sites is 1. The van der Waals surface area contributed by atoms with Crippen LogP contribution in [0.4, 0.5) is 11.4 Å². The molecule has 0 aliphatic carbocycles. The van der Waals surface area contributed by atoms with Crippen LogP contribution >= 0.6 is 0 Å². The molecule has 2 rings (SSSR count). The van der Waals surface area contributed by atoms with Gasteiger partial charge in [-0.1, -0.05) is 30.3 Å². The lowest BCUT2D eigenvalue weighted by Crippen LogP contribution is -2.04. The molecule has 2 N–H and O–H groups in total. The van der Waals surface area contributed by atoms with Gasteiger partial charge in [-0.2, -0.15) is 0 Å². The van der Waals surface area contributed by atoms with Crippen LogP contribution in [-0.2, 0) is 6.54 Å². The van der Waals surface area contributed by atoms with Gasteiger partial charge in [-0.15, -0.1) is 0 Å². The van der Waals surface area contributed by atoms with E-state index in [0.29, 0.717) is 12.2 Å². The van der Waals surface area contributed by atoms with E-state index in [-0.39, 0.29) is 11.4 Å². The second-order valence-electron chi connectivity index (χ2n) is 4.88. The van der Waals surface area contributed by atoms with Crippen molar-refractivity contribution in [2.45, 2.75) is 19.6 Å². The van der Waals surface area contributed by atoms with Gasteiger partial charge in [0.05, 0.1) is 18.1 Å². The first-order valence-corrected chi connectivity index (χ1v) is 6.85. The average molecular weight is 302 g/mol. The summed E-state index contributed by atoms with van der Waals surface area (Å²) >= 11 is 0. The fraction of sp³-hybridized carbons (Fsp3) is 0.250. The number of aliphatic hydroxyl groups is 1. The molecule has 0 saturated carbocycles. The van der Waals surface area contributed by atoms with Gasteiger partial charge in [0.1, 0.15) is 5.69 Å². The van der Waals surface area contributed by atoms with Crippen LogP contribution in [0.2, 0.25) is 0 Å². The van der Waals surface area contributed by atoms with E-state index in [1.54, 1.807) is 25.1 Å². The van der Waals surface area contributed by atoms with Gasteiger partial charge in [-0.25, -0.2) is 0 Å². The molecule has 0 amide bonds. The summed E-state index contributed by atoms with van der Waals surface area (Å²) in [5, 5.41) is 23.7. The van der Waals surface area contributed by atoms with Crippen molar-refractivity contribution in [1.82, 2.24) is 0 Å². The van der Waals surface area contributed by atoms with Crippen LogP contribution in [0.3, 0.4) is 0 Å². The van der Waals surface area contributed by atoms with E-state index in [1.165, 1.54) is 7.11 Å². The molecule has 0 fully saturated rings. The first-order valence-electron chi connectivity index (χ1n) is 6.85. The van der Waals surface area contributed by atoms with Crippen molar-refractivity contribution in [2.75, 3.05) is 12.4 Å². The van der Waals surface area contributed by atoms with Crippen molar-refractivity contribution < 1.29 is 14.8 Å². The third-order valence-electron chi connectivity index (χ3n) is 3.35. The van der Waals surface area contributed by atoms with Gasteiger partial charge in [0, 0.05) is 6.54 Å². The van der Waals surface area contributed by atoms with E-state index in [4.69, 9.17) is 4.74 Å². The summed E-state index contributed by atoms with van der Waals surface area (Å²) in [6.45, 7) is 2.14. The zero-order chi connectivity index (χ0) is 16.1. The lowest BCUT2D eigenvalue weighted by atomic mass is 10.1. The summed E-state index contributed by atoms with van der Waals surface area (Å²) in [5.74, 6) is 0.222. The maximum absolute atomic E-state index is 11.2. The molecule has 2 aromatic carbocycles. The highest BCUT2D eigenvalue weighted by Crippen LogP contribution is 2.34. The van der Waals surface area contributed by atoms with Crippen LogP contribution in [-0.4, -0.2) is 17.1 Å². The lowest BCUT2D eigenvalue weighted by molar-refractivity contribution is -0.384. The number of hydrogen-bond acceptors (Lipinski definition) is 5. The van der Waals surface area contributed by atoms with Gasteiger partial charge < -0.3 is 15.2 Å². The van der Waals surface area contributed by atoms with Gasteiger partial charge in [0.25, 0.3) is 0 Å². The molecule has 2 aromatic rings. The van der Waals surface area contributed by atoms with Gasteiger partial charge >= 0.3 is 5.69 Å². The number of benzene rings is 2. The number of aliphatic hydroxyl groups excluding tert-OH is 1. The fourth-order valence-corrected chi connectivity index (χ4v) is 2.13. The summed E-state index contributed by atoms with van der Waals surface area (Å²) in [4.78, 5) is 10.7. The van der Waals surface area contributed by atoms with Crippen LogP contribution in [0.25, 0.3) is 0 Å². The molecule has 0 saturated heterocycles. The SMILES string of the molecule is COc1cccc(NCc2ccc([C@H](C)O)cc2)c1[N+](=O)[O-]. The Balaban J connectivity index is 2.16. The van der Waals surface area contributed by atoms with Crippen molar-refractivity contribution in [1.29, 1.82) is 0 Å². The Kier molecular flexibility index (Phi) is 4.95. The molecule has 6 nitrogen and oxygen atoms in total. The molecule has 0 bridgehead atoms. The molecule has 0 unspecified atom stereocenters. The Morgan fingerprint density at radius 3 is 2.50 bits per heavy atom. The predicted octanol–water partition coefficient (Wildman–Crippen LogP) is 3.27. The van der Waals surface area contributed by atoms with E-state index in [0.717, 1.165) is 11.1 Å². The molecule has 0 aliphatic rings. The van der Waals surface area contributed by atoms with Crippen LogP contribution < -0.4 is 10.1 Å². The number of ether oxygens (including phenoxy) is 1. The third-order valence-corrected chi connectivity index (χ3v) is 3.35. The number of hydrogen-bond donors (Lipinski definition) is 2. The molecule has 116 valence electrons. The Hall–Kier alpha value is -2.60. The standard InChI is InChI=1S/C16H18N2O4/c1-11(19)13-8-6-12(7-9-13)10-17-14-4-3-5-15(22-2)16(14)18(20)21/h3-9,11,17,19H,10H2,1-2H3/t11-/m0/s1. The first kappa shape index (κ1) is 15.8. The van der Waals surface area contributed by atoms with Crippen LogP contribution in [0.15, 0.2) is 42.5 Å². The fourth-order valence-electron chi connectivity index (χ4n) is 2.13. The molecular weight excluding hydrogens is 284 g/mol. The van der Waals surface area contributed by atoms with Gasteiger partial charge in [-0.05, 0) is 30.2 Å². The van der Waals surface area contributed by atoms with Crippen molar-refractivity contribution in [3.8, 4) is 5.75 Å². The number of nitro benzene ring substituents is 1. The number of anilines is 1. The van der Waals surface area contributed by atoms with Crippen LogP contribution in [0.1, 0.15) is 24.2 Å². The molecule has 0 aliphatic heterocycles.